The van der Waals surface area contributed by atoms with Gasteiger partial charge >= 0.3 is 5.91 Å². The van der Waals surface area contributed by atoms with Crippen LogP contribution in [0.2, 0.25) is 0 Å². The fraction of sp³-hybridized carbons (Fsp3) is 0.176. The lowest BCUT2D eigenvalue weighted by molar-refractivity contribution is 0.0927. The van der Waals surface area contributed by atoms with Crippen molar-refractivity contribution in [3.05, 3.63) is 59.7 Å². The number of hydrazone groups is 1. The van der Waals surface area contributed by atoms with Crippen molar-refractivity contribution >= 4 is 23.0 Å². The van der Waals surface area contributed by atoms with Crippen LogP contribution >= 0.6 is 0 Å². The van der Waals surface area contributed by atoms with Gasteiger partial charge in [-0.05, 0) is 32.0 Å². The summed E-state index contributed by atoms with van der Waals surface area (Å²) in [6, 6.07) is 11.4. The number of carbonyl (C=O) groups excluding carboxylic acids is 1. The first-order valence-electron chi connectivity index (χ1n) is 7.17. The molecule has 0 unspecified atom stereocenters. The number of rotatable bonds is 4. The molecule has 3 aromatic rings. The van der Waals surface area contributed by atoms with Gasteiger partial charge in [0.2, 0.25) is 0 Å². The third-order valence-electron chi connectivity index (χ3n) is 3.70. The highest BCUT2D eigenvalue weighted by atomic mass is 16.3. The zero-order chi connectivity index (χ0) is 15.5. The minimum Gasteiger partial charge on any atom is -0.459 e. The molecular formula is C17H17N3O2. The number of aromatic nitrogens is 1. The maximum Gasteiger partial charge on any atom is 0.307 e. The second-order valence-corrected chi connectivity index (χ2v) is 4.94. The molecule has 0 saturated carbocycles. The summed E-state index contributed by atoms with van der Waals surface area (Å²) in [5, 5.41) is 5.18. The van der Waals surface area contributed by atoms with Crippen molar-refractivity contribution in [1.82, 2.24) is 9.99 Å². The molecule has 0 aliphatic carbocycles. The van der Waals surface area contributed by atoms with Crippen molar-refractivity contribution in [2.75, 3.05) is 0 Å². The molecule has 0 atom stereocenters. The normalized spacial score (nSPS) is 11.4. The first-order chi connectivity index (χ1) is 10.7. The molecule has 1 N–H and O–H groups in total. The molecule has 0 bridgehead atoms. The summed E-state index contributed by atoms with van der Waals surface area (Å²) >= 11 is 0. The second kappa shape index (κ2) is 5.89. The first kappa shape index (κ1) is 14.1. The van der Waals surface area contributed by atoms with Gasteiger partial charge in [-0.25, -0.2) is 5.43 Å². The van der Waals surface area contributed by atoms with Crippen molar-refractivity contribution in [2.24, 2.45) is 5.10 Å². The smallest absolute Gasteiger partial charge is 0.307 e. The molecule has 0 fully saturated rings. The van der Waals surface area contributed by atoms with E-state index in [0.717, 1.165) is 23.2 Å². The molecule has 0 spiro atoms. The van der Waals surface area contributed by atoms with E-state index >= 15 is 0 Å². The van der Waals surface area contributed by atoms with Crippen LogP contribution in [0, 0.1) is 6.92 Å². The van der Waals surface area contributed by atoms with Crippen LogP contribution in [0.1, 0.15) is 28.7 Å². The van der Waals surface area contributed by atoms with Gasteiger partial charge in [-0.15, -0.1) is 0 Å². The average Bonchev–Trinajstić information content (AvgIpc) is 3.14. The number of carbonyl (C=O) groups is 1. The number of benzene rings is 1. The Hall–Kier alpha value is -2.82. The molecule has 3 rings (SSSR count). The summed E-state index contributed by atoms with van der Waals surface area (Å²) in [6.07, 6.45) is 3.14. The van der Waals surface area contributed by atoms with E-state index in [0.29, 0.717) is 0 Å². The molecule has 5 nitrogen and oxygen atoms in total. The van der Waals surface area contributed by atoms with Crippen LogP contribution in [0.5, 0.6) is 0 Å². The van der Waals surface area contributed by atoms with Crippen LogP contribution in [-0.2, 0) is 6.54 Å². The van der Waals surface area contributed by atoms with Gasteiger partial charge in [-0.1, -0.05) is 18.2 Å². The van der Waals surface area contributed by atoms with Crippen molar-refractivity contribution in [3.63, 3.8) is 0 Å². The summed E-state index contributed by atoms with van der Waals surface area (Å²) in [7, 11) is 0. The Bertz CT molecular complexity index is 829. The van der Waals surface area contributed by atoms with Crippen LogP contribution in [0.15, 0.2) is 52.2 Å². The third kappa shape index (κ3) is 2.41. The maximum absolute atomic E-state index is 11.8. The molecule has 1 aromatic carbocycles. The summed E-state index contributed by atoms with van der Waals surface area (Å²) in [6.45, 7) is 5.05. The molecule has 0 saturated heterocycles. The van der Waals surface area contributed by atoms with Gasteiger partial charge in [0, 0.05) is 28.7 Å². The fourth-order valence-electron chi connectivity index (χ4n) is 2.65. The molecule has 2 aromatic heterocycles. The van der Waals surface area contributed by atoms with Crippen molar-refractivity contribution in [3.8, 4) is 0 Å². The molecule has 112 valence electrons. The Morgan fingerprint density at radius 3 is 2.86 bits per heavy atom. The minimum atomic E-state index is -0.363. The topological polar surface area (TPSA) is 59.5 Å². The van der Waals surface area contributed by atoms with Gasteiger partial charge in [0.15, 0.2) is 5.76 Å². The van der Waals surface area contributed by atoms with E-state index < -0.39 is 0 Å². The van der Waals surface area contributed by atoms with Gasteiger partial charge in [0.05, 0.1) is 12.5 Å². The lowest BCUT2D eigenvalue weighted by atomic mass is 10.1. The summed E-state index contributed by atoms with van der Waals surface area (Å²) in [5.74, 6) is -0.122. The predicted octanol–water partition coefficient (Wildman–Crippen LogP) is 3.33. The number of hydrogen-bond acceptors (Lipinski definition) is 3. The maximum atomic E-state index is 11.8. The highest BCUT2D eigenvalue weighted by Gasteiger charge is 2.11. The number of furan rings is 1. The fourth-order valence-corrected chi connectivity index (χ4v) is 2.65. The minimum absolute atomic E-state index is 0.241. The van der Waals surface area contributed by atoms with E-state index in [-0.39, 0.29) is 11.7 Å². The van der Waals surface area contributed by atoms with E-state index in [1.54, 1.807) is 18.3 Å². The van der Waals surface area contributed by atoms with Gasteiger partial charge in [0.1, 0.15) is 0 Å². The monoisotopic (exact) mass is 295 g/mol. The SMILES string of the molecule is CCn1c(C)c(/C=N\NC(=O)c2ccco2)c2ccccc21. The Balaban J connectivity index is 1.89. The van der Waals surface area contributed by atoms with Gasteiger partial charge in [-0.3, -0.25) is 4.79 Å². The summed E-state index contributed by atoms with van der Waals surface area (Å²) in [5.41, 5.74) is 5.78. The lowest BCUT2D eigenvalue weighted by Crippen LogP contribution is -2.16. The molecule has 22 heavy (non-hydrogen) atoms. The third-order valence-corrected chi connectivity index (χ3v) is 3.70. The highest BCUT2D eigenvalue weighted by Crippen LogP contribution is 2.24. The first-order valence-corrected chi connectivity index (χ1v) is 7.17. The Kier molecular flexibility index (Phi) is 3.78. The number of amides is 1. The molecule has 0 aliphatic heterocycles. The van der Waals surface area contributed by atoms with Gasteiger partial charge in [-0.2, -0.15) is 5.10 Å². The number of hydrogen-bond donors (Lipinski definition) is 1. The molecule has 2 heterocycles. The van der Waals surface area contributed by atoms with Crippen LogP contribution in [0.25, 0.3) is 10.9 Å². The largest absolute Gasteiger partial charge is 0.459 e. The highest BCUT2D eigenvalue weighted by molar-refractivity contribution is 6.01. The van der Waals surface area contributed by atoms with E-state index in [9.17, 15) is 4.79 Å². The number of para-hydroxylation sites is 1. The van der Waals surface area contributed by atoms with Crippen molar-refractivity contribution < 1.29 is 9.21 Å². The van der Waals surface area contributed by atoms with Crippen LogP contribution in [-0.4, -0.2) is 16.7 Å². The second-order valence-electron chi connectivity index (χ2n) is 4.94. The molecule has 1 amide bonds. The lowest BCUT2D eigenvalue weighted by Gasteiger charge is -2.03. The number of aryl methyl sites for hydroxylation is 1. The van der Waals surface area contributed by atoms with Gasteiger partial charge in [0.25, 0.3) is 0 Å². The number of nitrogens with zero attached hydrogens (tertiary/aromatic N) is 2. The Morgan fingerprint density at radius 1 is 1.32 bits per heavy atom. The van der Waals surface area contributed by atoms with Crippen molar-refractivity contribution in [1.29, 1.82) is 0 Å². The van der Waals surface area contributed by atoms with E-state index in [2.05, 4.69) is 41.1 Å². The van der Waals surface area contributed by atoms with Crippen LogP contribution < -0.4 is 5.43 Å². The molecular weight excluding hydrogens is 278 g/mol. The number of nitrogens with one attached hydrogen (secondary N) is 1. The van der Waals surface area contributed by atoms with Gasteiger partial charge < -0.3 is 8.98 Å². The molecule has 0 aliphatic rings. The predicted molar refractivity (Wildman–Crippen MR) is 86.1 cm³/mol. The number of fused-ring (bicyclic) bond motifs is 1. The summed E-state index contributed by atoms with van der Waals surface area (Å²) in [4.78, 5) is 11.8. The summed E-state index contributed by atoms with van der Waals surface area (Å²) < 4.78 is 7.25. The standard InChI is InChI=1S/C17H17N3O2/c1-3-20-12(2)14(13-7-4-5-8-15(13)20)11-18-19-17(21)16-9-6-10-22-16/h4-11H,3H2,1-2H3,(H,19,21)/b18-11-. The Labute approximate surface area is 128 Å². The van der Waals surface area contributed by atoms with E-state index in [1.807, 2.05) is 12.1 Å². The van der Waals surface area contributed by atoms with E-state index in [4.69, 9.17) is 4.42 Å². The zero-order valence-corrected chi connectivity index (χ0v) is 12.5. The molecule has 5 heteroatoms. The van der Waals surface area contributed by atoms with E-state index in [1.165, 1.54) is 11.8 Å². The van der Waals surface area contributed by atoms with Crippen molar-refractivity contribution in [2.45, 2.75) is 20.4 Å². The average molecular weight is 295 g/mol. The van der Waals surface area contributed by atoms with Crippen LogP contribution in [0.3, 0.4) is 0 Å². The zero-order valence-electron chi connectivity index (χ0n) is 12.5. The Morgan fingerprint density at radius 2 is 2.14 bits per heavy atom. The molecule has 0 radical (unpaired) electrons. The van der Waals surface area contributed by atoms with Crippen LogP contribution in [0.4, 0.5) is 0 Å². The quantitative estimate of drug-likeness (QED) is 0.593.